The standard InChI is InChI=1S/C17H18N2O/c1-13(15-8-5-6-14(10-15)11-18)19-17-9-4-3-7-16(17)12-20-2/h3-10,13,19H,12H2,1-2H3. The summed E-state index contributed by atoms with van der Waals surface area (Å²) in [5, 5.41) is 12.4. The second-order valence-corrected chi connectivity index (χ2v) is 4.69. The zero-order valence-corrected chi connectivity index (χ0v) is 11.8. The van der Waals surface area contributed by atoms with E-state index in [-0.39, 0.29) is 6.04 Å². The van der Waals surface area contributed by atoms with Crippen molar-refractivity contribution in [3.63, 3.8) is 0 Å². The van der Waals surface area contributed by atoms with Crippen LogP contribution in [0.25, 0.3) is 0 Å². The molecule has 2 aromatic carbocycles. The summed E-state index contributed by atoms with van der Waals surface area (Å²) in [4.78, 5) is 0. The first-order valence-corrected chi connectivity index (χ1v) is 6.58. The van der Waals surface area contributed by atoms with E-state index in [1.165, 1.54) is 0 Å². The molecule has 2 rings (SSSR count). The van der Waals surface area contributed by atoms with E-state index in [2.05, 4.69) is 18.3 Å². The van der Waals surface area contributed by atoms with E-state index in [1.54, 1.807) is 7.11 Å². The number of methoxy groups -OCH3 is 1. The highest BCUT2D eigenvalue weighted by Crippen LogP contribution is 2.23. The van der Waals surface area contributed by atoms with Crippen LogP contribution in [0.4, 0.5) is 5.69 Å². The van der Waals surface area contributed by atoms with Crippen molar-refractivity contribution in [2.24, 2.45) is 0 Å². The fourth-order valence-corrected chi connectivity index (χ4v) is 2.14. The van der Waals surface area contributed by atoms with Gasteiger partial charge in [0, 0.05) is 24.4 Å². The molecule has 0 fully saturated rings. The van der Waals surface area contributed by atoms with Gasteiger partial charge in [0.05, 0.1) is 18.2 Å². The van der Waals surface area contributed by atoms with Gasteiger partial charge in [0.25, 0.3) is 0 Å². The van der Waals surface area contributed by atoms with Crippen LogP contribution in [0, 0.1) is 11.3 Å². The van der Waals surface area contributed by atoms with Crippen LogP contribution in [-0.4, -0.2) is 7.11 Å². The lowest BCUT2D eigenvalue weighted by atomic mass is 10.0. The number of ether oxygens (including phenoxy) is 1. The number of nitrogens with zero attached hydrogens (tertiary/aromatic N) is 1. The molecule has 0 aliphatic rings. The van der Waals surface area contributed by atoms with Crippen LogP contribution in [-0.2, 0) is 11.3 Å². The van der Waals surface area contributed by atoms with Gasteiger partial charge in [0.1, 0.15) is 0 Å². The average Bonchev–Trinajstić information content (AvgIpc) is 2.49. The Morgan fingerprint density at radius 1 is 1.20 bits per heavy atom. The summed E-state index contributed by atoms with van der Waals surface area (Å²) in [5.74, 6) is 0. The molecule has 3 heteroatoms. The first-order chi connectivity index (χ1) is 9.74. The first-order valence-electron chi connectivity index (χ1n) is 6.58. The number of hydrogen-bond acceptors (Lipinski definition) is 3. The fourth-order valence-electron chi connectivity index (χ4n) is 2.14. The van der Waals surface area contributed by atoms with Crippen LogP contribution in [0.2, 0.25) is 0 Å². The van der Waals surface area contributed by atoms with Crippen molar-refractivity contribution in [1.82, 2.24) is 0 Å². The molecule has 0 saturated heterocycles. The fraction of sp³-hybridized carbons (Fsp3) is 0.235. The quantitative estimate of drug-likeness (QED) is 0.893. The van der Waals surface area contributed by atoms with E-state index in [0.29, 0.717) is 12.2 Å². The Bertz CT molecular complexity index is 616. The zero-order chi connectivity index (χ0) is 14.4. The number of benzene rings is 2. The molecule has 0 aliphatic heterocycles. The average molecular weight is 266 g/mol. The van der Waals surface area contributed by atoms with Crippen molar-refractivity contribution in [3.8, 4) is 6.07 Å². The molecular weight excluding hydrogens is 248 g/mol. The maximum absolute atomic E-state index is 8.96. The van der Waals surface area contributed by atoms with Gasteiger partial charge in [0.2, 0.25) is 0 Å². The number of rotatable bonds is 5. The van der Waals surface area contributed by atoms with E-state index >= 15 is 0 Å². The summed E-state index contributed by atoms with van der Waals surface area (Å²) in [6.45, 7) is 2.66. The molecular formula is C17H18N2O. The Hall–Kier alpha value is -2.31. The molecule has 0 saturated carbocycles. The summed E-state index contributed by atoms with van der Waals surface area (Å²) >= 11 is 0. The van der Waals surface area contributed by atoms with Crippen molar-refractivity contribution in [2.45, 2.75) is 19.6 Å². The predicted octanol–water partition coefficient (Wildman–Crippen LogP) is 3.88. The minimum atomic E-state index is 0.126. The van der Waals surface area contributed by atoms with Crippen LogP contribution < -0.4 is 5.32 Å². The molecule has 102 valence electrons. The third-order valence-corrected chi connectivity index (χ3v) is 3.20. The van der Waals surface area contributed by atoms with Gasteiger partial charge in [-0.2, -0.15) is 5.26 Å². The monoisotopic (exact) mass is 266 g/mol. The summed E-state index contributed by atoms with van der Waals surface area (Å²) in [6.07, 6.45) is 0. The normalized spacial score (nSPS) is 11.7. The van der Waals surface area contributed by atoms with Gasteiger partial charge >= 0.3 is 0 Å². The van der Waals surface area contributed by atoms with Gasteiger partial charge in [-0.05, 0) is 30.7 Å². The van der Waals surface area contributed by atoms with Gasteiger partial charge < -0.3 is 10.1 Å². The molecule has 0 spiro atoms. The molecule has 0 aliphatic carbocycles. The predicted molar refractivity (Wildman–Crippen MR) is 80.3 cm³/mol. The number of anilines is 1. The Labute approximate surface area is 119 Å². The van der Waals surface area contributed by atoms with Crippen molar-refractivity contribution in [2.75, 3.05) is 12.4 Å². The number of para-hydroxylation sites is 1. The van der Waals surface area contributed by atoms with Gasteiger partial charge in [-0.25, -0.2) is 0 Å². The van der Waals surface area contributed by atoms with Gasteiger partial charge in [0.15, 0.2) is 0 Å². The molecule has 20 heavy (non-hydrogen) atoms. The van der Waals surface area contributed by atoms with E-state index in [9.17, 15) is 0 Å². The Morgan fingerprint density at radius 3 is 2.75 bits per heavy atom. The lowest BCUT2D eigenvalue weighted by Crippen LogP contribution is -2.09. The molecule has 3 nitrogen and oxygen atoms in total. The van der Waals surface area contributed by atoms with E-state index in [0.717, 1.165) is 16.8 Å². The molecule has 0 aromatic heterocycles. The van der Waals surface area contributed by atoms with Crippen LogP contribution in [0.1, 0.15) is 29.7 Å². The molecule has 1 atom stereocenters. The van der Waals surface area contributed by atoms with Crippen molar-refractivity contribution < 1.29 is 4.74 Å². The lowest BCUT2D eigenvalue weighted by Gasteiger charge is -2.18. The van der Waals surface area contributed by atoms with Crippen molar-refractivity contribution in [1.29, 1.82) is 5.26 Å². The summed E-state index contributed by atoms with van der Waals surface area (Å²) < 4.78 is 5.21. The molecule has 0 heterocycles. The van der Waals surface area contributed by atoms with Crippen LogP contribution in [0.5, 0.6) is 0 Å². The van der Waals surface area contributed by atoms with Crippen molar-refractivity contribution in [3.05, 3.63) is 65.2 Å². The van der Waals surface area contributed by atoms with E-state index in [1.807, 2.05) is 48.5 Å². The molecule has 0 bridgehead atoms. The molecule has 0 amide bonds. The number of nitrogens with one attached hydrogen (secondary N) is 1. The minimum absolute atomic E-state index is 0.126. The third-order valence-electron chi connectivity index (χ3n) is 3.20. The van der Waals surface area contributed by atoms with Crippen LogP contribution in [0.3, 0.4) is 0 Å². The maximum Gasteiger partial charge on any atom is 0.0991 e. The first kappa shape index (κ1) is 14.1. The van der Waals surface area contributed by atoms with E-state index in [4.69, 9.17) is 10.00 Å². The topological polar surface area (TPSA) is 45.0 Å². The highest BCUT2D eigenvalue weighted by Gasteiger charge is 2.08. The molecule has 1 N–H and O–H groups in total. The summed E-state index contributed by atoms with van der Waals surface area (Å²) in [5.41, 5.74) is 3.96. The van der Waals surface area contributed by atoms with Gasteiger partial charge in [-0.1, -0.05) is 30.3 Å². The minimum Gasteiger partial charge on any atom is -0.380 e. The van der Waals surface area contributed by atoms with Crippen LogP contribution >= 0.6 is 0 Å². The zero-order valence-electron chi connectivity index (χ0n) is 11.8. The Morgan fingerprint density at radius 2 is 2.00 bits per heavy atom. The lowest BCUT2D eigenvalue weighted by molar-refractivity contribution is 0.185. The second-order valence-electron chi connectivity index (χ2n) is 4.69. The van der Waals surface area contributed by atoms with Gasteiger partial charge in [-0.3, -0.25) is 0 Å². The number of nitriles is 1. The highest BCUT2D eigenvalue weighted by molar-refractivity contribution is 5.52. The summed E-state index contributed by atoms with van der Waals surface area (Å²) in [6, 6.07) is 18.0. The largest absolute Gasteiger partial charge is 0.380 e. The Balaban J connectivity index is 2.19. The van der Waals surface area contributed by atoms with Gasteiger partial charge in [-0.15, -0.1) is 0 Å². The summed E-state index contributed by atoms with van der Waals surface area (Å²) in [7, 11) is 1.69. The highest BCUT2D eigenvalue weighted by atomic mass is 16.5. The smallest absolute Gasteiger partial charge is 0.0991 e. The molecule has 2 aromatic rings. The van der Waals surface area contributed by atoms with Crippen LogP contribution in [0.15, 0.2) is 48.5 Å². The molecule has 1 unspecified atom stereocenters. The second kappa shape index (κ2) is 6.74. The van der Waals surface area contributed by atoms with E-state index < -0.39 is 0 Å². The molecule has 0 radical (unpaired) electrons. The SMILES string of the molecule is COCc1ccccc1NC(C)c1cccc(C#N)c1. The number of hydrogen-bond donors (Lipinski definition) is 1. The Kier molecular flexibility index (Phi) is 4.75. The third kappa shape index (κ3) is 3.37. The van der Waals surface area contributed by atoms with Crippen molar-refractivity contribution >= 4 is 5.69 Å². The maximum atomic E-state index is 8.96.